The molecular weight excluding hydrogens is 376 g/mol. The summed E-state index contributed by atoms with van der Waals surface area (Å²) < 4.78 is 5.21. The van der Waals surface area contributed by atoms with Crippen molar-refractivity contribution in [2.45, 2.75) is 77.0 Å². The van der Waals surface area contributed by atoms with Gasteiger partial charge in [-0.2, -0.15) is 0 Å². The Labute approximate surface area is 189 Å². The molecule has 2 aliphatic carbocycles. The van der Waals surface area contributed by atoms with Crippen molar-refractivity contribution in [1.29, 1.82) is 0 Å². The molecule has 2 aliphatic rings. The maximum Gasteiger partial charge on any atom is 0.118 e. The van der Waals surface area contributed by atoms with Gasteiger partial charge >= 0.3 is 0 Å². The molecular formula is C30H38O. The Kier molecular flexibility index (Phi) is 7.74. The van der Waals surface area contributed by atoms with Crippen LogP contribution in [0.5, 0.6) is 5.75 Å². The molecule has 0 spiro atoms. The van der Waals surface area contributed by atoms with Crippen LogP contribution in [0, 0.1) is 29.6 Å². The first-order chi connectivity index (χ1) is 15.2. The summed E-state index contributed by atoms with van der Waals surface area (Å²) in [6.07, 6.45) is 14.4. The molecule has 2 aromatic rings. The standard InChI is InChI=1S/C30H38O/c1-3-4-5-6-25-11-16-29-22-28(18-17-27(29)21-25)26-14-9-23(10-15-26)7-8-24-12-19-30(31-2)20-13-24/h9-10,12-15,19-20,25,27-29H,3-6,11,16-18,21-22H2,1-2H3. The van der Waals surface area contributed by atoms with E-state index < -0.39 is 0 Å². The summed E-state index contributed by atoms with van der Waals surface area (Å²) in [7, 11) is 1.69. The van der Waals surface area contributed by atoms with Crippen molar-refractivity contribution < 1.29 is 4.74 Å². The second kappa shape index (κ2) is 10.9. The van der Waals surface area contributed by atoms with Crippen LogP contribution in [0.4, 0.5) is 0 Å². The Hall–Kier alpha value is -2.20. The number of fused-ring (bicyclic) bond motifs is 1. The second-order valence-electron chi connectivity index (χ2n) is 9.81. The van der Waals surface area contributed by atoms with Crippen LogP contribution >= 0.6 is 0 Å². The van der Waals surface area contributed by atoms with Crippen LogP contribution < -0.4 is 4.74 Å². The Morgan fingerprint density at radius 2 is 1.42 bits per heavy atom. The van der Waals surface area contributed by atoms with Gasteiger partial charge in [-0.3, -0.25) is 0 Å². The third-order valence-electron chi connectivity index (χ3n) is 7.76. The molecule has 0 amide bonds. The van der Waals surface area contributed by atoms with Crippen LogP contribution in [0.15, 0.2) is 48.5 Å². The molecule has 1 nitrogen and oxygen atoms in total. The van der Waals surface area contributed by atoms with Crippen LogP contribution in [-0.4, -0.2) is 7.11 Å². The molecule has 0 aromatic heterocycles. The Balaban J connectivity index is 1.31. The smallest absolute Gasteiger partial charge is 0.118 e. The molecule has 0 bridgehead atoms. The van der Waals surface area contributed by atoms with Gasteiger partial charge in [0.15, 0.2) is 0 Å². The van der Waals surface area contributed by atoms with E-state index >= 15 is 0 Å². The first kappa shape index (κ1) is 22.0. The zero-order valence-corrected chi connectivity index (χ0v) is 19.4. The number of rotatable bonds is 6. The summed E-state index contributed by atoms with van der Waals surface area (Å²) in [5, 5.41) is 0. The number of hydrogen-bond acceptors (Lipinski definition) is 1. The third kappa shape index (κ3) is 5.94. The molecule has 4 rings (SSSR count). The Morgan fingerprint density at radius 3 is 2.10 bits per heavy atom. The van der Waals surface area contributed by atoms with Gasteiger partial charge in [0, 0.05) is 11.1 Å². The van der Waals surface area contributed by atoms with E-state index in [0.29, 0.717) is 0 Å². The van der Waals surface area contributed by atoms with Crippen molar-refractivity contribution in [1.82, 2.24) is 0 Å². The van der Waals surface area contributed by atoms with Gasteiger partial charge in [-0.1, -0.05) is 63.0 Å². The molecule has 0 radical (unpaired) electrons. The molecule has 4 unspecified atom stereocenters. The van der Waals surface area contributed by atoms with Crippen LogP contribution in [0.2, 0.25) is 0 Å². The molecule has 2 saturated carbocycles. The van der Waals surface area contributed by atoms with Crippen molar-refractivity contribution >= 4 is 0 Å². The molecule has 1 heteroatoms. The Bertz CT molecular complexity index is 867. The summed E-state index contributed by atoms with van der Waals surface area (Å²) in [5.41, 5.74) is 3.65. The van der Waals surface area contributed by atoms with E-state index in [1.54, 1.807) is 7.11 Å². The zero-order valence-electron chi connectivity index (χ0n) is 19.4. The number of unbranched alkanes of at least 4 members (excludes halogenated alkanes) is 2. The zero-order chi connectivity index (χ0) is 21.5. The van der Waals surface area contributed by atoms with Crippen molar-refractivity contribution in [3.8, 4) is 17.6 Å². The SMILES string of the molecule is CCCCCC1CCC2CC(c3ccc(C#Cc4ccc(OC)cc4)cc3)CCC2C1. The third-order valence-corrected chi connectivity index (χ3v) is 7.76. The van der Waals surface area contributed by atoms with Gasteiger partial charge in [0.25, 0.3) is 0 Å². The topological polar surface area (TPSA) is 9.23 Å². The quantitative estimate of drug-likeness (QED) is 0.344. The fourth-order valence-corrected chi connectivity index (χ4v) is 5.89. The molecule has 164 valence electrons. The number of methoxy groups -OCH3 is 1. The van der Waals surface area contributed by atoms with Crippen molar-refractivity contribution in [3.63, 3.8) is 0 Å². The van der Waals surface area contributed by atoms with Crippen LogP contribution in [-0.2, 0) is 0 Å². The molecule has 0 N–H and O–H groups in total. The van der Waals surface area contributed by atoms with Gasteiger partial charge in [-0.15, -0.1) is 0 Å². The summed E-state index contributed by atoms with van der Waals surface area (Å²) >= 11 is 0. The van der Waals surface area contributed by atoms with Crippen LogP contribution in [0.1, 0.15) is 93.7 Å². The molecule has 2 fully saturated rings. The van der Waals surface area contributed by atoms with Gasteiger partial charge in [-0.25, -0.2) is 0 Å². The van der Waals surface area contributed by atoms with E-state index in [-0.39, 0.29) is 0 Å². The molecule has 2 aromatic carbocycles. The van der Waals surface area contributed by atoms with Gasteiger partial charge in [0.2, 0.25) is 0 Å². The lowest BCUT2D eigenvalue weighted by Crippen LogP contribution is -2.30. The van der Waals surface area contributed by atoms with Crippen molar-refractivity contribution in [2.24, 2.45) is 17.8 Å². The van der Waals surface area contributed by atoms with Crippen molar-refractivity contribution in [2.75, 3.05) is 7.11 Å². The monoisotopic (exact) mass is 414 g/mol. The van der Waals surface area contributed by atoms with Gasteiger partial charge in [0.05, 0.1) is 7.11 Å². The molecule has 4 atom stereocenters. The first-order valence-electron chi connectivity index (χ1n) is 12.5. The van der Waals surface area contributed by atoms with E-state index in [9.17, 15) is 0 Å². The highest BCUT2D eigenvalue weighted by Gasteiger charge is 2.35. The lowest BCUT2D eigenvalue weighted by molar-refractivity contribution is 0.113. The summed E-state index contributed by atoms with van der Waals surface area (Å²) in [4.78, 5) is 0. The van der Waals surface area contributed by atoms with E-state index in [2.05, 4.69) is 43.0 Å². The minimum atomic E-state index is 0.751. The molecule has 0 aliphatic heterocycles. The van der Waals surface area contributed by atoms with E-state index in [1.807, 2.05) is 24.3 Å². The first-order valence-corrected chi connectivity index (χ1v) is 12.5. The number of ether oxygens (including phenoxy) is 1. The highest BCUT2D eigenvalue weighted by Crippen LogP contribution is 2.48. The minimum Gasteiger partial charge on any atom is -0.497 e. The fraction of sp³-hybridized carbons (Fsp3) is 0.533. The average Bonchev–Trinajstić information content (AvgIpc) is 2.83. The van der Waals surface area contributed by atoms with E-state index in [1.165, 1.54) is 69.8 Å². The van der Waals surface area contributed by atoms with E-state index in [4.69, 9.17) is 4.74 Å². The lowest BCUT2D eigenvalue weighted by Gasteiger charge is -2.42. The highest BCUT2D eigenvalue weighted by atomic mass is 16.5. The maximum absolute atomic E-state index is 5.21. The molecule has 31 heavy (non-hydrogen) atoms. The van der Waals surface area contributed by atoms with Crippen LogP contribution in [0.25, 0.3) is 0 Å². The maximum atomic E-state index is 5.21. The summed E-state index contributed by atoms with van der Waals surface area (Å²) in [6.45, 7) is 2.32. The fourth-order valence-electron chi connectivity index (χ4n) is 5.89. The highest BCUT2D eigenvalue weighted by molar-refractivity contribution is 5.45. The van der Waals surface area contributed by atoms with Crippen molar-refractivity contribution in [3.05, 3.63) is 65.2 Å². The molecule has 0 heterocycles. The predicted octanol–water partition coefficient (Wildman–Crippen LogP) is 7.98. The number of hydrogen-bond donors (Lipinski definition) is 0. The van der Waals surface area contributed by atoms with Gasteiger partial charge in [0.1, 0.15) is 5.75 Å². The van der Waals surface area contributed by atoms with E-state index in [0.717, 1.165) is 40.5 Å². The van der Waals surface area contributed by atoms with Crippen LogP contribution in [0.3, 0.4) is 0 Å². The second-order valence-corrected chi connectivity index (χ2v) is 9.81. The lowest BCUT2D eigenvalue weighted by atomic mass is 9.63. The summed E-state index contributed by atoms with van der Waals surface area (Å²) in [5.74, 6) is 11.2. The summed E-state index contributed by atoms with van der Waals surface area (Å²) in [6, 6.07) is 17.0. The van der Waals surface area contributed by atoms with Gasteiger partial charge in [-0.05, 0) is 97.7 Å². The normalized spacial score (nSPS) is 25.2. The largest absolute Gasteiger partial charge is 0.497 e. The minimum absolute atomic E-state index is 0.751. The predicted molar refractivity (Wildman–Crippen MR) is 130 cm³/mol. The molecule has 0 saturated heterocycles. The average molecular weight is 415 g/mol. The van der Waals surface area contributed by atoms with Gasteiger partial charge < -0.3 is 4.74 Å². The Morgan fingerprint density at radius 1 is 0.774 bits per heavy atom. The number of benzene rings is 2.